The van der Waals surface area contributed by atoms with Gasteiger partial charge in [-0.05, 0) is 37.6 Å². The van der Waals surface area contributed by atoms with Crippen molar-refractivity contribution in [3.63, 3.8) is 0 Å². The molecule has 2 rings (SSSR count). The number of halogens is 2. The molecule has 2 aromatic carbocycles. The van der Waals surface area contributed by atoms with Crippen LogP contribution >= 0.6 is 11.6 Å². The second-order valence-electron chi connectivity index (χ2n) is 4.80. The fourth-order valence-corrected chi connectivity index (χ4v) is 2.13. The minimum atomic E-state index is -0.488. The van der Waals surface area contributed by atoms with Crippen LogP contribution in [0.3, 0.4) is 0 Å². The molecule has 0 spiro atoms. The molecule has 1 unspecified atom stereocenters. The molecule has 0 heterocycles. The summed E-state index contributed by atoms with van der Waals surface area (Å²) in [6, 6.07) is 9.24. The van der Waals surface area contributed by atoms with Crippen LogP contribution in [0.2, 0.25) is 5.02 Å². The third kappa shape index (κ3) is 3.49. The van der Waals surface area contributed by atoms with E-state index in [2.05, 4.69) is 5.32 Å². The van der Waals surface area contributed by atoms with Gasteiger partial charge in [-0.3, -0.25) is 10.1 Å². The fourth-order valence-electron chi connectivity index (χ4n) is 2.01. The van der Waals surface area contributed by atoms with Gasteiger partial charge in [-0.25, -0.2) is 4.39 Å². The van der Waals surface area contributed by atoms with Crippen molar-refractivity contribution in [2.24, 2.45) is 0 Å². The molecule has 1 atom stereocenters. The maximum absolute atomic E-state index is 13.5. The number of hydrogen-bond donors (Lipinski definition) is 1. The minimum Gasteiger partial charge on any atom is -0.378 e. The van der Waals surface area contributed by atoms with Crippen molar-refractivity contribution in [3.05, 3.63) is 68.5 Å². The van der Waals surface area contributed by atoms with Crippen molar-refractivity contribution in [2.45, 2.75) is 19.9 Å². The first kappa shape index (κ1) is 15.3. The Bertz CT molecular complexity index is 691. The van der Waals surface area contributed by atoms with E-state index in [1.54, 1.807) is 25.1 Å². The predicted octanol–water partition coefficient (Wildman–Crippen LogP) is 4.87. The third-order valence-electron chi connectivity index (χ3n) is 3.23. The largest absolute Gasteiger partial charge is 0.378 e. The van der Waals surface area contributed by atoms with Crippen LogP contribution in [0, 0.1) is 22.9 Å². The van der Waals surface area contributed by atoms with Gasteiger partial charge in [0.1, 0.15) is 5.82 Å². The van der Waals surface area contributed by atoms with Crippen LogP contribution in [0.25, 0.3) is 0 Å². The highest BCUT2D eigenvalue weighted by atomic mass is 35.5. The topological polar surface area (TPSA) is 55.2 Å². The van der Waals surface area contributed by atoms with Crippen LogP contribution in [-0.4, -0.2) is 4.92 Å². The van der Waals surface area contributed by atoms with Crippen molar-refractivity contribution in [1.82, 2.24) is 0 Å². The molecule has 0 fully saturated rings. The van der Waals surface area contributed by atoms with E-state index in [9.17, 15) is 14.5 Å². The second-order valence-corrected chi connectivity index (χ2v) is 5.21. The Morgan fingerprint density at radius 3 is 2.62 bits per heavy atom. The summed E-state index contributed by atoms with van der Waals surface area (Å²) in [6.07, 6.45) is 0. The van der Waals surface area contributed by atoms with Crippen LogP contribution in [0.1, 0.15) is 24.1 Å². The fraction of sp³-hybridized carbons (Fsp3) is 0.200. The van der Waals surface area contributed by atoms with Crippen molar-refractivity contribution in [3.8, 4) is 0 Å². The highest BCUT2D eigenvalue weighted by molar-refractivity contribution is 6.30. The summed E-state index contributed by atoms with van der Waals surface area (Å²) in [4.78, 5) is 10.5. The van der Waals surface area contributed by atoms with Gasteiger partial charge in [-0.15, -0.1) is 0 Å². The zero-order valence-corrected chi connectivity index (χ0v) is 12.3. The minimum absolute atomic E-state index is 0.0505. The van der Waals surface area contributed by atoms with Crippen molar-refractivity contribution >= 4 is 23.0 Å². The molecule has 1 N–H and O–H groups in total. The lowest BCUT2D eigenvalue weighted by atomic mass is 10.1. The van der Waals surface area contributed by atoms with Crippen LogP contribution in [0.5, 0.6) is 0 Å². The van der Waals surface area contributed by atoms with Gasteiger partial charge in [0, 0.05) is 23.4 Å². The van der Waals surface area contributed by atoms with E-state index < -0.39 is 10.7 Å². The number of nitro groups is 1. The first-order valence-corrected chi connectivity index (χ1v) is 6.73. The molecule has 0 saturated carbocycles. The molecule has 2 aromatic rings. The van der Waals surface area contributed by atoms with Crippen molar-refractivity contribution in [1.29, 1.82) is 0 Å². The Hall–Kier alpha value is -2.14. The summed E-state index contributed by atoms with van der Waals surface area (Å²) in [6.45, 7) is 3.52. The first-order chi connectivity index (χ1) is 9.88. The van der Waals surface area contributed by atoms with Crippen LogP contribution in [-0.2, 0) is 0 Å². The van der Waals surface area contributed by atoms with E-state index in [1.807, 2.05) is 6.92 Å². The summed E-state index contributed by atoms with van der Waals surface area (Å²) in [5, 5.41) is 14.1. The lowest BCUT2D eigenvalue weighted by molar-refractivity contribution is -0.385. The Labute approximate surface area is 126 Å². The molecule has 0 radical (unpaired) electrons. The van der Waals surface area contributed by atoms with Gasteiger partial charge < -0.3 is 5.32 Å². The highest BCUT2D eigenvalue weighted by Crippen LogP contribution is 2.27. The number of aryl methyl sites for hydroxylation is 1. The monoisotopic (exact) mass is 308 g/mol. The zero-order chi connectivity index (χ0) is 15.6. The Kier molecular flexibility index (Phi) is 4.43. The molecular weight excluding hydrogens is 295 g/mol. The molecule has 0 aliphatic heterocycles. The number of hydrogen-bond acceptors (Lipinski definition) is 3. The summed E-state index contributed by atoms with van der Waals surface area (Å²) in [5.41, 5.74) is 1.96. The van der Waals surface area contributed by atoms with Crippen LogP contribution in [0.4, 0.5) is 15.8 Å². The molecule has 6 heteroatoms. The Morgan fingerprint density at radius 1 is 1.29 bits per heavy atom. The standard InChI is InChI=1S/C15H14ClFN2O2/c1-9-3-5-12(8-15(9)19(20)21)18-10(2)11-4-6-13(16)14(17)7-11/h3-8,10,18H,1-2H3. The molecule has 0 bridgehead atoms. The quantitative estimate of drug-likeness (QED) is 0.647. The Morgan fingerprint density at radius 2 is 2.00 bits per heavy atom. The Balaban J connectivity index is 2.23. The van der Waals surface area contributed by atoms with Crippen molar-refractivity contribution in [2.75, 3.05) is 5.32 Å². The number of nitrogens with one attached hydrogen (secondary N) is 1. The molecule has 0 saturated heterocycles. The lowest BCUT2D eigenvalue weighted by Crippen LogP contribution is -2.07. The second kappa shape index (κ2) is 6.10. The highest BCUT2D eigenvalue weighted by Gasteiger charge is 2.13. The summed E-state index contributed by atoms with van der Waals surface area (Å²) in [7, 11) is 0. The van der Waals surface area contributed by atoms with E-state index >= 15 is 0 Å². The van der Waals surface area contributed by atoms with E-state index in [1.165, 1.54) is 18.2 Å². The number of nitro benzene ring substituents is 1. The third-order valence-corrected chi connectivity index (χ3v) is 3.54. The maximum Gasteiger partial charge on any atom is 0.274 e. The lowest BCUT2D eigenvalue weighted by Gasteiger charge is -2.16. The maximum atomic E-state index is 13.5. The summed E-state index contributed by atoms with van der Waals surface area (Å²) >= 11 is 5.65. The zero-order valence-electron chi connectivity index (χ0n) is 11.6. The molecular formula is C15H14ClFN2O2. The number of anilines is 1. The van der Waals surface area contributed by atoms with Gasteiger partial charge in [0.15, 0.2) is 0 Å². The van der Waals surface area contributed by atoms with E-state index in [-0.39, 0.29) is 16.8 Å². The normalized spacial score (nSPS) is 12.0. The van der Waals surface area contributed by atoms with E-state index in [0.717, 1.165) is 0 Å². The smallest absolute Gasteiger partial charge is 0.274 e. The predicted molar refractivity (Wildman–Crippen MR) is 81.3 cm³/mol. The van der Waals surface area contributed by atoms with Gasteiger partial charge >= 0.3 is 0 Å². The van der Waals surface area contributed by atoms with Gasteiger partial charge in [-0.1, -0.05) is 23.7 Å². The van der Waals surface area contributed by atoms with Crippen LogP contribution in [0.15, 0.2) is 36.4 Å². The SMILES string of the molecule is Cc1ccc(NC(C)c2ccc(Cl)c(F)c2)cc1[N+](=O)[O-]. The number of benzene rings is 2. The molecule has 0 amide bonds. The summed E-state index contributed by atoms with van der Waals surface area (Å²) in [5.74, 6) is -0.488. The molecule has 0 aliphatic rings. The van der Waals surface area contributed by atoms with Gasteiger partial charge in [0.05, 0.1) is 9.95 Å². The number of nitrogens with zero attached hydrogens (tertiary/aromatic N) is 1. The van der Waals surface area contributed by atoms with Gasteiger partial charge in [0.25, 0.3) is 5.69 Å². The summed E-state index contributed by atoms with van der Waals surface area (Å²) < 4.78 is 13.5. The molecule has 0 aromatic heterocycles. The van der Waals surface area contributed by atoms with Crippen LogP contribution < -0.4 is 5.32 Å². The first-order valence-electron chi connectivity index (χ1n) is 6.35. The van der Waals surface area contributed by atoms with E-state index in [4.69, 9.17) is 11.6 Å². The average molecular weight is 309 g/mol. The van der Waals surface area contributed by atoms with Gasteiger partial charge in [0.2, 0.25) is 0 Å². The average Bonchev–Trinajstić information content (AvgIpc) is 2.43. The molecule has 4 nitrogen and oxygen atoms in total. The molecule has 0 aliphatic carbocycles. The molecule has 21 heavy (non-hydrogen) atoms. The molecule has 110 valence electrons. The van der Waals surface area contributed by atoms with Gasteiger partial charge in [-0.2, -0.15) is 0 Å². The number of rotatable bonds is 4. The van der Waals surface area contributed by atoms with E-state index in [0.29, 0.717) is 16.8 Å². The van der Waals surface area contributed by atoms with Crippen molar-refractivity contribution < 1.29 is 9.31 Å².